The molecule has 4 rings (SSSR count). The van der Waals surface area contributed by atoms with Crippen molar-refractivity contribution in [3.05, 3.63) is 54.0 Å². The molecule has 0 aliphatic carbocycles. The lowest BCUT2D eigenvalue weighted by Crippen LogP contribution is -2.21. The van der Waals surface area contributed by atoms with E-state index in [1.54, 1.807) is 10.8 Å². The molecule has 0 spiro atoms. The van der Waals surface area contributed by atoms with E-state index >= 15 is 0 Å². The molecule has 0 saturated heterocycles. The van der Waals surface area contributed by atoms with E-state index in [4.69, 9.17) is 4.74 Å². The Balaban J connectivity index is 1.85. The zero-order chi connectivity index (χ0) is 24.1. The fourth-order valence-corrected chi connectivity index (χ4v) is 4.41. The highest BCUT2D eigenvalue weighted by Gasteiger charge is 2.31. The van der Waals surface area contributed by atoms with E-state index in [1.807, 2.05) is 6.92 Å². The summed E-state index contributed by atoms with van der Waals surface area (Å²) < 4.78 is 87.8. The monoisotopic (exact) mass is 484 g/mol. The number of nitrogens with zero attached hydrogens (tertiary/aromatic N) is 3. The van der Waals surface area contributed by atoms with Crippen molar-refractivity contribution in [3.8, 4) is 17.3 Å². The second kappa shape index (κ2) is 8.03. The molecule has 1 N–H and O–H groups in total. The highest BCUT2D eigenvalue weighted by Crippen LogP contribution is 2.39. The predicted molar refractivity (Wildman–Crippen MR) is 113 cm³/mol. The molecule has 12 heteroatoms. The molecule has 33 heavy (non-hydrogen) atoms. The van der Waals surface area contributed by atoms with Crippen molar-refractivity contribution in [2.75, 3.05) is 19.0 Å². The molecule has 1 aliphatic heterocycles. The van der Waals surface area contributed by atoms with E-state index in [2.05, 4.69) is 9.71 Å². The first-order valence-electron chi connectivity index (χ1n) is 9.83. The summed E-state index contributed by atoms with van der Waals surface area (Å²) in [7, 11) is -1.43. The van der Waals surface area contributed by atoms with Crippen LogP contribution in [0.15, 0.2) is 47.5 Å². The summed E-state index contributed by atoms with van der Waals surface area (Å²) in [6.07, 6.45) is -2.92. The van der Waals surface area contributed by atoms with Crippen molar-refractivity contribution in [2.45, 2.75) is 30.6 Å². The van der Waals surface area contributed by atoms with Crippen molar-refractivity contribution >= 4 is 21.4 Å². The van der Waals surface area contributed by atoms with Crippen LogP contribution in [0.25, 0.3) is 11.3 Å². The minimum atomic E-state index is -4.49. The second-order valence-electron chi connectivity index (χ2n) is 7.60. The number of fused-ring (bicyclic) bond motifs is 1. The molecule has 0 radical (unpaired) electrons. The number of aromatic nitrogens is 2. The smallest absolute Gasteiger partial charge is 0.416 e. The number of halogens is 4. The lowest BCUT2D eigenvalue weighted by molar-refractivity contribution is -0.137. The van der Waals surface area contributed by atoms with Gasteiger partial charge in [0.05, 0.1) is 23.5 Å². The minimum Gasteiger partial charge on any atom is -0.460 e. The zero-order valence-electron chi connectivity index (χ0n) is 17.8. The van der Waals surface area contributed by atoms with E-state index in [-0.39, 0.29) is 17.4 Å². The highest BCUT2D eigenvalue weighted by molar-refractivity contribution is 7.89. The maximum absolute atomic E-state index is 14.9. The van der Waals surface area contributed by atoms with Gasteiger partial charge in [-0.05, 0) is 50.4 Å². The molecular formula is C21H20F4N4O3S. The van der Waals surface area contributed by atoms with Crippen molar-refractivity contribution in [3.63, 3.8) is 0 Å². The Morgan fingerprint density at radius 3 is 2.45 bits per heavy atom. The van der Waals surface area contributed by atoms with Gasteiger partial charge in [-0.1, -0.05) is 0 Å². The van der Waals surface area contributed by atoms with Gasteiger partial charge < -0.3 is 9.64 Å². The van der Waals surface area contributed by atoms with Gasteiger partial charge in [-0.25, -0.2) is 17.5 Å². The number of imidazole rings is 1. The van der Waals surface area contributed by atoms with Crippen LogP contribution in [0.3, 0.4) is 0 Å². The van der Waals surface area contributed by atoms with Crippen LogP contribution in [0, 0.1) is 5.82 Å². The third-order valence-corrected chi connectivity index (χ3v) is 6.76. The number of rotatable bonds is 5. The minimum absolute atomic E-state index is 0.0794. The summed E-state index contributed by atoms with van der Waals surface area (Å²) >= 11 is 0. The fraction of sp³-hybridized carbons (Fsp3) is 0.286. The largest absolute Gasteiger partial charge is 0.460 e. The van der Waals surface area contributed by atoms with E-state index in [0.717, 1.165) is 31.3 Å². The van der Waals surface area contributed by atoms with E-state index in [1.165, 1.54) is 24.1 Å². The molecule has 0 saturated carbocycles. The Kier molecular flexibility index (Phi) is 5.61. The molecule has 2 aromatic carbocycles. The molecule has 2 heterocycles. The summed E-state index contributed by atoms with van der Waals surface area (Å²) in [5.74, 6) is -1.02. The van der Waals surface area contributed by atoms with Gasteiger partial charge in [0.15, 0.2) is 0 Å². The first-order valence-corrected chi connectivity index (χ1v) is 11.3. The topological polar surface area (TPSA) is 76.5 Å². The Morgan fingerprint density at radius 1 is 1.21 bits per heavy atom. The van der Waals surface area contributed by atoms with Crippen LogP contribution in [0.5, 0.6) is 6.01 Å². The van der Waals surface area contributed by atoms with Gasteiger partial charge in [0.25, 0.3) is 6.01 Å². The van der Waals surface area contributed by atoms with Crippen LogP contribution in [0.2, 0.25) is 0 Å². The van der Waals surface area contributed by atoms with E-state index in [0.29, 0.717) is 23.9 Å². The van der Waals surface area contributed by atoms with Gasteiger partial charge in [-0.2, -0.15) is 18.2 Å². The van der Waals surface area contributed by atoms with Gasteiger partial charge in [0.1, 0.15) is 16.8 Å². The number of alkyl halides is 3. The average Bonchev–Trinajstić information content (AvgIpc) is 3.29. The van der Waals surface area contributed by atoms with Crippen molar-refractivity contribution in [2.24, 2.45) is 0 Å². The van der Waals surface area contributed by atoms with E-state index < -0.39 is 32.5 Å². The number of hydrogen-bond acceptors (Lipinski definition) is 5. The molecule has 1 atom stereocenters. The molecule has 0 amide bonds. The number of sulfonamides is 1. The van der Waals surface area contributed by atoms with Crippen molar-refractivity contribution in [1.29, 1.82) is 0 Å². The zero-order valence-corrected chi connectivity index (χ0v) is 18.6. The lowest BCUT2D eigenvalue weighted by Gasteiger charge is -2.23. The van der Waals surface area contributed by atoms with E-state index in [9.17, 15) is 26.0 Å². The molecule has 0 fully saturated rings. The summed E-state index contributed by atoms with van der Waals surface area (Å²) in [5.41, 5.74) is 0.332. The normalized spacial score (nSPS) is 15.9. The SMILES string of the molecule is CNS(=O)(=O)c1cc(-c2cn3c(n2)O[C@H](C)C3)c(N(C)c2ccc(C(F)(F)F)cc2)cc1F. The first-order chi connectivity index (χ1) is 15.4. The van der Waals surface area contributed by atoms with Gasteiger partial charge in [0.2, 0.25) is 10.0 Å². The molecule has 7 nitrogen and oxygen atoms in total. The Labute approximate surface area is 187 Å². The fourth-order valence-electron chi connectivity index (χ4n) is 3.60. The second-order valence-corrected chi connectivity index (χ2v) is 9.46. The van der Waals surface area contributed by atoms with Crippen LogP contribution >= 0.6 is 0 Å². The van der Waals surface area contributed by atoms with Crippen LogP contribution in [0.1, 0.15) is 12.5 Å². The molecular weight excluding hydrogens is 464 g/mol. The molecule has 0 bridgehead atoms. The van der Waals surface area contributed by atoms with Crippen LogP contribution in [-0.4, -0.2) is 38.2 Å². The molecule has 0 unspecified atom stereocenters. The molecule has 1 aliphatic rings. The summed E-state index contributed by atoms with van der Waals surface area (Å²) in [6, 6.07) is 6.85. The van der Waals surface area contributed by atoms with Crippen LogP contribution in [0.4, 0.5) is 28.9 Å². The molecule has 3 aromatic rings. The van der Waals surface area contributed by atoms with Gasteiger partial charge in [-0.3, -0.25) is 4.57 Å². The first kappa shape index (κ1) is 23.1. The van der Waals surface area contributed by atoms with Crippen LogP contribution < -0.4 is 14.4 Å². The van der Waals surface area contributed by atoms with Gasteiger partial charge in [0, 0.05) is 24.5 Å². The molecule has 176 valence electrons. The van der Waals surface area contributed by atoms with Crippen molar-refractivity contribution in [1.82, 2.24) is 14.3 Å². The maximum Gasteiger partial charge on any atom is 0.416 e. The lowest BCUT2D eigenvalue weighted by atomic mass is 10.1. The highest BCUT2D eigenvalue weighted by atomic mass is 32.2. The Morgan fingerprint density at radius 2 is 1.88 bits per heavy atom. The number of nitrogens with one attached hydrogen (secondary N) is 1. The Bertz CT molecular complexity index is 1280. The number of hydrogen-bond donors (Lipinski definition) is 1. The third kappa shape index (κ3) is 4.27. The maximum atomic E-state index is 14.9. The number of anilines is 2. The van der Waals surface area contributed by atoms with Gasteiger partial charge in [-0.15, -0.1) is 0 Å². The third-order valence-electron chi connectivity index (χ3n) is 5.33. The summed E-state index contributed by atoms with van der Waals surface area (Å²) in [4.78, 5) is 5.28. The average molecular weight is 484 g/mol. The van der Waals surface area contributed by atoms with Crippen molar-refractivity contribution < 1.29 is 30.7 Å². The summed E-state index contributed by atoms with van der Waals surface area (Å²) in [5, 5.41) is 0. The quantitative estimate of drug-likeness (QED) is 0.551. The number of ether oxygens (including phenoxy) is 1. The predicted octanol–water partition coefficient (Wildman–Crippen LogP) is 4.16. The number of benzene rings is 2. The molecule has 1 aromatic heterocycles. The summed E-state index contributed by atoms with van der Waals surface area (Å²) in [6.45, 7) is 2.41. The van der Waals surface area contributed by atoms with Crippen LogP contribution in [-0.2, 0) is 22.7 Å². The standard InChI is InChI=1S/C21H20F4N4O3S/c1-12-10-29-11-17(27-20(29)32-12)15-8-19(33(30,31)26-2)16(22)9-18(15)28(3)14-6-4-13(5-7-14)21(23,24)25/h4-9,11-12,26H,10H2,1-3H3/t12-/m1/s1. The van der Waals surface area contributed by atoms with Gasteiger partial charge >= 0.3 is 6.18 Å². The Hall–Kier alpha value is -3.12.